The van der Waals surface area contributed by atoms with Crippen molar-refractivity contribution in [1.29, 1.82) is 0 Å². The molecule has 25 heavy (non-hydrogen) atoms. The molecule has 0 spiro atoms. The molecule has 0 atom stereocenters. The van der Waals surface area contributed by atoms with Gasteiger partial charge >= 0.3 is 5.97 Å². The van der Waals surface area contributed by atoms with Gasteiger partial charge in [0.2, 0.25) is 0 Å². The number of rotatable bonds is 7. The SMILES string of the molecule is CCC(C)(C)c1ccc(CNC(=O)c2c(C)coc2CC(=O)O)cc1. The highest BCUT2D eigenvalue weighted by atomic mass is 16.4. The van der Waals surface area contributed by atoms with Crippen LogP contribution < -0.4 is 5.32 Å². The Bertz CT molecular complexity index is 757. The Morgan fingerprint density at radius 2 is 1.84 bits per heavy atom. The zero-order chi connectivity index (χ0) is 18.6. The van der Waals surface area contributed by atoms with Crippen molar-refractivity contribution < 1.29 is 19.1 Å². The Morgan fingerprint density at radius 3 is 2.40 bits per heavy atom. The molecule has 1 heterocycles. The van der Waals surface area contributed by atoms with Crippen LogP contribution in [0.25, 0.3) is 0 Å². The summed E-state index contributed by atoms with van der Waals surface area (Å²) in [5.41, 5.74) is 3.32. The largest absolute Gasteiger partial charge is 0.481 e. The number of carboxylic acid groups (broad SMARTS) is 1. The molecule has 2 rings (SSSR count). The summed E-state index contributed by atoms with van der Waals surface area (Å²) < 4.78 is 5.20. The average molecular weight is 343 g/mol. The molecular weight excluding hydrogens is 318 g/mol. The molecule has 0 radical (unpaired) electrons. The third-order valence-electron chi connectivity index (χ3n) is 4.66. The van der Waals surface area contributed by atoms with Gasteiger partial charge in [0.05, 0.1) is 11.8 Å². The number of benzene rings is 1. The van der Waals surface area contributed by atoms with Gasteiger partial charge in [-0.25, -0.2) is 0 Å². The van der Waals surface area contributed by atoms with Crippen LogP contribution in [0, 0.1) is 6.92 Å². The van der Waals surface area contributed by atoms with Crippen LogP contribution in [0.4, 0.5) is 0 Å². The Morgan fingerprint density at radius 1 is 1.20 bits per heavy atom. The second kappa shape index (κ2) is 7.55. The van der Waals surface area contributed by atoms with Crippen LogP contribution >= 0.6 is 0 Å². The van der Waals surface area contributed by atoms with Crippen molar-refractivity contribution >= 4 is 11.9 Å². The van der Waals surface area contributed by atoms with Gasteiger partial charge < -0.3 is 14.8 Å². The lowest BCUT2D eigenvalue weighted by molar-refractivity contribution is -0.136. The van der Waals surface area contributed by atoms with Crippen LogP contribution in [0.15, 0.2) is 34.9 Å². The predicted molar refractivity (Wildman–Crippen MR) is 95.7 cm³/mol. The molecule has 5 heteroatoms. The van der Waals surface area contributed by atoms with Crippen molar-refractivity contribution in [3.05, 3.63) is 58.5 Å². The quantitative estimate of drug-likeness (QED) is 0.801. The highest BCUT2D eigenvalue weighted by Gasteiger charge is 2.21. The number of furan rings is 1. The molecule has 0 saturated heterocycles. The van der Waals surface area contributed by atoms with Crippen LogP contribution in [-0.4, -0.2) is 17.0 Å². The molecular formula is C20H25NO4. The molecule has 0 aliphatic heterocycles. The van der Waals surface area contributed by atoms with Crippen LogP contribution in [0.1, 0.15) is 60.0 Å². The number of carbonyl (C=O) groups is 2. The number of aryl methyl sites for hydroxylation is 1. The van der Waals surface area contributed by atoms with Crippen molar-refractivity contribution in [2.75, 3.05) is 0 Å². The lowest BCUT2D eigenvalue weighted by atomic mass is 9.82. The van der Waals surface area contributed by atoms with Gasteiger partial charge in [0.1, 0.15) is 12.2 Å². The van der Waals surface area contributed by atoms with Gasteiger partial charge in [0.15, 0.2) is 0 Å². The highest BCUT2D eigenvalue weighted by molar-refractivity contribution is 5.97. The summed E-state index contributed by atoms with van der Waals surface area (Å²) in [6.07, 6.45) is 2.15. The van der Waals surface area contributed by atoms with Gasteiger partial charge in [-0.15, -0.1) is 0 Å². The Hall–Kier alpha value is -2.56. The molecule has 0 aliphatic carbocycles. The summed E-state index contributed by atoms with van der Waals surface area (Å²) in [6, 6.07) is 8.19. The lowest BCUT2D eigenvalue weighted by Crippen LogP contribution is -2.24. The monoisotopic (exact) mass is 343 g/mol. The Kier molecular flexibility index (Phi) is 5.67. The van der Waals surface area contributed by atoms with E-state index in [0.29, 0.717) is 17.7 Å². The van der Waals surface area contributed by atoms with Gasteiger partial charge in [-0.3, -0.25) is 9.59 Å². The van der Waals surface area contributed by atoms with E-state index in [-0.39, 0.29) is 23.5 Å². The van der Waals surface area contributed by atoms with E-state index >= 15 is 0 Å². The first kappa shape index (κ1) is 18.8. The normalized spacial score (nSPS) is 11.4. The standard InChI is InChI=1S/C20H25NO4/c1-5-20(3,4)15-8-6-14(7-9-15)11-21-19(24)18-13(2)12-25-16(18)10-17(22)23/h6-9,12H,5,10-11H2,1-4H3,(H,21,24)(H,22,23). The lowest BCUT2D eigenvalue weighted by Gasteiger charge is -2.23. The van der Waals surface area contributed by atoms with E-state index in [9.17, 15) is 9.59 Å². The fourth-order valence-electron chi connectivity index (χ4n) is 2.62. The first-order valence-electron chi connectivity index (χ1n) is 8.41. The molecule has 1 aromatic heterocycles. The topological polar surface area (TPSA) is 79.5 Å². The van der Waals surface area contributed by atoms with E-state index < -0.39 is 5.97 Å². The van der Waals surface area contributed by atoms with Crippen LogP contribution in [0.5, 0.6) is 0 Å². The Labute approximate surface area is 148 Å². The maximum Gasteiger partial charge on any atom is 0.311 e. The summed E-state index contributed by atoms with van der Waals surface area (Å²) >= 11 is 0. The zero-order valence-electron chi connectivity index (χ0n) is 15.2. The minimum Gasteiger partial charge on any atom is -0.481 e. The maximum absolute atomic E-state index is 12.4. The second-order valence-corrected chi connectivity index (χ2v) is 6.90. The highest BCUT2D eigenvalue weighted by Crippen LogP contribution is 2.26. The molecule has 0 bridgehead atoms. The van der Waals surface area contributed by atoms with Gasteiger partial charge in [0, 0.05) is 12.1 Å². The fourth-order valence-corrected chi connectivity index (χ4v) is 2.62. The number of hydrogen-bond acceptors (Lipinski definition) is 3. The van der Waals surface area contributed by atoms with E-state index in [0.717, 1.165) is 12.0 Å². The molecule has 2 aromatic rings. The van der Waals surface area contributed by atoms with Crippen LogP contribution in [0.3, 0.4) is 0 Å². The molecule has 1 amide bonds. The molecule has 134 valence electrons. The first-order valence-corrected chi connectivity index (χ1v) is 8.41. The van der Waals surface area contributed by atoms with E-state index in [1.54, 1.807) is 6.92 Å². The number of amides is 1. The van der Waals surface area contributed by atoms with Crippen molar-refractivity contribution in [1.82, 2.24) is 5.32 Å². The minimum absolute atomic E-state index is 0.126. The number of hydrogen-bond donors (Lipinski definition) is 2. The zero-order valence-corrected chi connectivity index (χ0v) is 15.2. The molecule has 0 saturated carbocycles. The van der Waals surface area contributed by atoms with Crippen LogP contribution in [0.2, 0.25) is 0 Å². The smallest absolute Gasteiger partial charge is 0.311 e. The summed E-state index contributed by atoms with van der Waals surface area (Å²) in [7, 11) is 0. The third kappa shape index (κ3) is 4.50. The molecule has 0 aliphatic rings. The molecule has 5 nitrogen and oxygen atoms in total. The minimum atomic E-state index is -1.03. The van der Waals surface area contributed by atoms with Gasteiger partial charge in [-0.05, 0) is 29.9 Å². The fraction of sp³-hybridized carbons (Fsp3) is 0.400. The van der Waals surface area contributed by atoms with Gasteiger partial charge in [-0.2, -0.15) is 0 Å². The molecule has 2 N–H and O–H groups in total. The summed E-state index contributed by atoms with van der Waals surface area (Å²) in [4.78, 5) is 23.3. The predicted octanol–water partition coefficient (Wildman–Crippen LogP) is 3.83. The molecule has 0 unspecified atom stereocenters. The van der Waals surface area contributed by atoms with E-state index in [2.05, 4.69) is 38.2 Å². The summed E-state index contributed by atoms with van der Waals surface area (Å²) in [5, 5.41) is 11.7. The molecule has 1 aromatic carbocycles. The third-order valence-corrected chi connectivity index (χ3v) is 4.66. The van der Waals surface area contributed by atoms with Crippen molar-refractivity contribution in [3.8, 4) is 0 Å². The Balaban J connectivity index is 2.06. The van der Waals surface area contributed by atoms with Crippen molar-refractivity contribution in [2.45, 2.75) is 52.5 Å². The van der Waals surface area contributed by atoms with E-state index in [4.69, 9.17) is 9.52 Å². The molecule has 0 fully saturated rings. The number of nitrogens with one attached hydrogen (secondary N) is 1. The number of carboxylic acids is 1. The summed E-state index contributed by atoms with van der Waals surface area (Å²) in [5.74, 6) is -1.17. The van der Waals surface area contributed by atoms with Gasteiger partial charge in [0.25, 0.3) is 5.91 Å². The summed E-state index contributed by atoms with van der Waals surface area (Å²) in [6.45, 7) is 8.68. The first-order chi connectivity index (χ1) is 11.7. The average Bonchev–Trinajstić information content (AvgIpc) is 2.92. The van der Waals surface area contributed by atoms with Crippen LogP contribution in [-0.2, 0) is 23.2 Å². The van der Waals surface area contributed by atoms with E-state index in [1.807, 2.05) is 12.1 Å². The van der Waals surface area contributed by atoms with Crippen molar-refractivity contribution in [2.24, 2.45) is 0 Å². The van der Waals surface area contributed by atoms with E-state index in [1.165, 1.54) is 11.8 Å². The van der Waals surface area contributed by atoms with Gasteiger partial charge in [-0.1, -0.05) is 45.0 Å². The number of aliphatic carboxylic acids is 1. The van der Waals surface area contributed by atoms with Crippen molar-refractivity contribution in [3.63, 3.8) is 0 Å². The maximum atomic E-state index is 12.4. The second-order valence-electron chi connectivity index (χ2n) is 6.90. The number of carbonyl (C=O) groups excluding carboxylic acids is 1.